The van der Waals surface area contributed by atoms with Gasteiger partial charge in [-0.25, -0.2) is 8.42 Å². The van der Waals surface area contributed by atoms with Gasteiger partial charge in [0.1, 0.15) is 6.04 Å². The van der Waals surface area contributed by atoms with Gasteiger partial charge in [-0.05, 0) is 17.7 Å². The Labute approximate surface area is 175 Å². The molecule has 4 rings (SSSR count). The van der Waals surface area contributed by atoms with E-state index in [2.05, 4.69) is 15.4 Å². The molecule has 30 heavy (non-hydrogen) atoms. The molecule has 1 N–H and O–H groups in total. The molecule has 0 spiro atoms. The van der Waals surface area contributed by atoms with Crippen molar-refractivity contribution in [1.82, 2.24) is 19.7 Å². The van der Waals surface area contributed by atoms with Gasteiger partial charge in [0.15, 0.2) is 15.7 Å². The van der Waals surface area contributed by atoms with Gasteiger partial charge in [0.05, 0.1) is 23.7 Å². The van der Waals surface area contributed by atoms with Crippen LogP contribution < -0.4 is 5.32 Å². The Morgan fingerprint density at radius 3 is 2.47 bits per heavy atom. The zero-order valence-corrected chi connectivity index (χ0v) is 17.2. The normalized spacial score (nSPS) is 17.3. The van der Waals surface area contributed by atoms with Crippen LogP contribution in [0.4, 0.5) is 5.82 Å². The first-order valence-electron chi connectivity index (χ1n) is 9.74. The summed E-state index contributed by atoms with van der Waals surface area (Å²) in [6.45, 7) is 1.15. The average molecular weight is 426 g/mol. The second-order valence-corrected chi connectivity index (χ2v) is 9.51. The fourth-order valence-electron chi connectivity index (χ4n) is 3.52. The monoisotopic (exact) mass is 425 g/mol. The van der Waals surface area contributed by atoms with E-state index in [0.29, 0.717) is 25.5 Å². The highest BCUT2D eigenvalue weighted by Crippen LogP contribution is 2.24. The maximum atomic E-state index is 13.2. The van der Waals surface area contributed by atoms with E-state index in [9.17, 15) is 13.2 Å². The van der Waals surface area contributed by atoms with Crippen molar-refractivity contribution in [2.45, 2.75) is 12.6 Å². The van der Waals surface area contributed by atoms with Gasteiger partial charge < -0.3 is 5.32 Å². The number of nitrogens with one attached hydrogen (secondary N) is 1. The molecule has 9 heteroatoms. The van der Waals surface area contributed by atoms with E-state index in [1.165, 1.54) is 0 Å². The van der Waals surface area contributed by atoms with Crippen LogP contribution in [-0.2, 0) is 21.2 Å². The number of carbonyl (C=O) groups excluding carboxylic acids is 1. The van der Waals surface area contributed by atoms with Crippen LogP contribution in [0, 0.1) is 0 Å². The van der Waals surface area contributed by atoms with E-state index in [1.54, 1.807) is 23.1 Å². The molecule has 3 aromatic rings. The molecule has 2 aromatic heterocycles. The summed E-state index contributed by atoms with van der Waals surface area (Å²) in [5.74, 6) is 0.329. The van der Waals surface area contributed by atoms with E-state index < -0.39 is 15.9 Å². The fraction of sp³-hybridized carbons (Fsp3) is 0.286. The molecule has 1 aliphatic heterocycles. The van der Waals surface area contributed by atoms with Gasteiger partial charge in [0.2, 0.25) is 5.91 Å². The second kappa shape index (κ2) is 8.76. The molecule has 0 radical (unpaired) electrons. The van der Waals surface area contributed by atoms with Crippen molar-refractivity contribution in [3.05, 3.63) is 78.2 Å². The Balaban J connectivity index is 1.50. The molecule has 0 aliphatic carbocycles. The Morgan fingerprint density at radius 1 is 1.03 bits per heavy atom. The zero-order chi connectivity index (χ0) is 21.0. The summed E-state index contributed by atoms with van der Waals surface area (Å²) in [6, 6.07) is 16.2. The first-order chi connectivity index (χ1) is 14.5. The molecule has 3 heterocycles. The standard InChI is InChI=1S/C21H23N5O3S/c27-21(23-19-9-11-26(24-19)16-18-8-4-5-10-22-18)20(17-6-2-1-3-7-17)25-12-14-30(28,29)15-13-25/h1-11,20H,12-16H2,(H,23,24,27). The third kappa shape index (κ3) is 4.92. The second-order valence-electron chi connectivity index (χ2n) is 7.21. The van der Waals surface area contributed by atoms with Crippen molar-refractivity contribution < 1.29 is 13.2 Å². The lowest BCUT2D eigenvalue weighted by Gasteiger charge is -2.33. The van der Waals surface area contributed by atoms with Crippen molar-refractivity contribution in [2.24, 2.45) is 0 Å². The molecule has 156 valence electrons. The lowest BCUT2D eigenvalue weighted by molar-refractivity contribution is -0.121. The summed E-state index contributed by atoms with van der Waals surface area (Å²) in [7, 11) is -3.04. The van der Waals surface area contributed by atoms with Gasteiger partial charge >= 0.3 is 0 Å². The smallest absolute Gasteiger partial charge is 0.247 e. The maximum absolute atomic E-state index is 13.2. The molecule has 0 bridgehead atoms. The summed E-state index contributed by atoms with van der Waals surface area (Å²) in [6.07, 6.45) is 3.51. The van der Waals surface area contributed by atoms with E-state index in [0.717, 1.165) is 11.3 Å². The van der Waals surface area contributed by atoms with Crippen molar-refractivity contribution >= 4 is 21.6 Å². The van der Waals surface area contributed by atoms with Gasteiger partial charge in [0, 0.05) is 31.5 Å². The van der Waals surface area contributed by atoms with Crippen molar-refractivity contribution in [2.75, 3.05) is 29.9 Å². The van der Waals surface area contributed by atoms with Crippen LogP contribution in [0.2, 0.25) is 0 Å². The number of pyridine rings is 1. The minimum Gasteiger partial charge on any atom is -0.308 e. The minimum absolute atomic E-state index is 0.0579. The molecule has 1 aromatic carbocycles. The van der Waals surface area contributed by atoms with Crippen molar-refractivity contribution in [3.8, 4) is 0 Å². The third-order valence-electron chi connectivity index (χ3n) is 5.05. The molecule has 1 amide bonds. The Morgan fingerprint density at radius 2 is 1.77 bits per heavy atom. The number of aromatic nitrogens is 3. The third-order valence-corrected chi connectivity index (χ3v) is 6.66. The predicted octanol–water partition coefficient (Wildman–Crippen LogP) is 1.74. The number of anilines is 1. The van der Waals surface area contributed by atoms with Crippen molar-refractivity contribution in [1.29, 1.82) is 0 Å². The number of rotatable bonds is 6. The molecule has 0 saturated carbocycles. The number of amides is 1. The van der Waals surface area contributed by atoms with Crippen LogP contribution in [0.3, 0.4) is 0 Å². The van der Waals surface area contributed by atoms with Crippen LogP contribution in [0.15, 0.2) is 67.0 Å². The maximum Gasteiger partial charge on any atom is 0.247 e. The van der Waals surface area contributed by atoms with Crippen LogP contribution in [0.1, 0.15) is 17.3 Å². The quantitative estimate of drug-likeness (QED) is 0.646. The summed E-state index contributed by atoms with van der Waals surface area (Å²) >= 11 is 0. The lowest BCUT2D eigenvalue weighted by atomic mass is 10.0. The molecule has 1 saturated heterocycles. The average Bonchev–Trinajstić information content (AvgIpc) is 3.17. The van der Waals surface area contributed by atoms with Gasteiger partial charge in [-0.15, -0.1) is 0 Å². The van der Waals surface area contributed by atoms with Crippen molar-refractivity contribution in [3.63, 3.8) is 0 Å². The van der Waals surface area contributed by atoms with E-state index in [1.807, 2.05) is 53.4 Å². The Kier molecular flexibility index (Phi) is 5.91. The fourth-order valence-corrected chi connectivity index (χ4v) is 4.75. The molecule has 1 aliphatic rings. The first-order valence-corrected chi connectivity index (χ1v) is 11.6. The van der Waals surface area contributed by atoms with Crippen LogP contribution in [0.5, 0.6) is 0 Å². The van der Waals surface area contributed by atoms with Gasteiger partial charge in [0.25, 0.3) is 0 Å². The minimum atomic E-state index is -3.04. The predicted molar refractivity (Wildman–Crippen MR) is 114 cm³/mol. The van der Waals surface area contributed by atoms with Crippen LogP contribution >= 0.6 is 0 Å². The van der Waals surface area contributed by atoms with Gasteiger partial charge in [-0.2, -0.15) is 5.10 Å². The number of nitrogens with zero attached hydrogens (tertiary/aromatic N) is 4. The molecule has 1 unspecified atom stereocenters. The lowest BCUT2D eigenvalue weighted by Crippen LogP contribution is -2.46. The number of carbonyl (C=O) groups is 1. The van der Waals surface area contributed by atoms with Crippen LogP contribution in [-0.4, -0.2) is 58.6 Å². The highest BCUT2D eigenvalue weighted by molar-refractivity contribution is 7.91. The SMILES string of the molecule is O=C(Nc1ccn(Cc2ccccn2)n1)C(c1ccccc1)N1CCS(=O)(=O)CC1. The Bertz CT molecular complexity index is 1090. The number of sulfone groups is 1. The van der Waals surface area contributed by atoms with E-state index >= 15 is 0 Å². The molecule has 8 nitrogen and oxygen atoms in total. The molecular formula is C21H23N5O3S. The highest BCUT2D eigenvalue weighted by atomic mass is 32.2. The summed E-state index contributed by atoms with van der Waals surface area (Å²) in [5.41, 5.74) is 1.69. The Hall–Kier alpha value is -3.04. The summed E-state index contributed by atoms with van der Waals surface area (Å²) in [4.78, 5) is 19.4. The number of hydrogen-bond acceptors (Lipinski definition) is 6. The van der Waals surface area contributed by atoms with Crippen LogP contribution in [0.25, 0.3) is 0 Å². The topological polar surface area (TPSA) is 97.2 Å². The summed E-state index contributed by atoms with van der Waals surface area (Å²) in [5, 5.41) is 7.30. The molecule has 1 fully saturated rings. The largest absolute Gasteiger partial charge is 0.308 e. The first kappa shape index (κ1) is 20.2. The summed E-state index contributed by atoms with van der Waals surface area (Å²) < 4.78 is 25.4. The van der Waals surface area contributed by atoms with E-state index in [-0.39, 0.29) is 17.4 Å². The van der Waals surface area contributed by atoms with E-state index in [4.69, 9.17) is 0 Å². The number of benzene rings is 1. The molecular weight excluding hydrogens is 402 g/mol. The van der Waals surface area contributed by atoms with Gasteiger partial charge in [-0.1, -0.05) is 36.4 Å². The number of hydrogen-bond donors (Lipinski definition) is 1. The molecule has 1 atom stereocenters. The zero-order valence-electron chi connectivity index (χ0n) is 16.4. The highest BCUT2D eigenvalue weighted by Gasteiger charge is 2.32. The van der Waals surface area contributed by atoms with Gasteiger partial charge in [-0.3, -0.25) is 19.4 Å².